The molecule has 4 atom stereocenters. The summed E-state index contributed by atoms with van der Waals surface area (Å²) in [7, 11) is 1.38. The molecule has 0 spiro atoms. The molecule has 0 saturated carbocycles. The van der Waals surface area contributed by atoms with Gasteiger partial charge in [0.2, 0.25) is 0 Å². The standard InChI is InChI=1S/C20H25NO4/c1-12-9-10-17-16(11-18(25-17)20(23)24-2)21(12)19(22)15-8-4-6-13-5-3-7-14(13)15/h4,6,8,12,16-18H,3,5,7,9-11H2,1-2H3/t12-,16-,17+,18+/m1/s1. The lowest BCUT2D eigenvalue weighted by Gasteiger charge is -2.41. The highest BCUT2D eigenvalue weighted by molar-refractivity contribution is 5.97. The molecule has 1 amide bonds. The van der Waals surface area contributed by atoms with Crippen molar-refractivity contribution < 1.29 is 19.1 Å². The fraction of sp³-hybridized carbons (Fsp3) is 0.600. The van der Waals surface area contributed by atoms with Gasteiger partial charge in [0.25, 0.3) is 5.91 Å². The number of likely N-dealkylation sites (tertiary alicyclic amines) is 1. The molecule has 2 saturated heterocycles. The first-order chi connectivity index (χ1) is 12.1. The fourth-order valence-electron chi connectivity index (χ4n) is 4.75. The number of rotatable bonds is 2. The number of carbonyl (C=O) groups is 2. The Morgan fingerprint density at radius 1 is 1.24 bits per heavy atom. The zero-order valence-electron chi connectivity index (χ0n) is 14.9. The molecule has 0 radical (unpaired) electrons. The topological polar surface area (TPSA) is 55.8 Å². The van der Waals surface area contributed by atoms with Crippen LogP contribution >= 0.6 is 0 Å². The smallest absolute Gasteiger partial charge is 0.335 e. The molecule has 134 valence electrons. The average molecular weight is 343 g/mol. The highest BCUT2D eigenvalue weighted by Crippen LogP contribution is 2.37. The first kappa shape index (κ1) is 16.6. The lowest BCUT2D eigenvalue weighted by molar-refractivity contribution is -0.153. The molecular weight excluding hydrogens is 318 g/mol. The van der Waals surface area contributed by atoms with E-state index >= 15 is 0 Å². The molecule has 1 aliphatic carbocycles. The van der Waals surface area contributed by atoms with Crippen molar-refractivity contribution in [1.82, 2.24) is 4.90 Å². The van der Waals surface area contributed by atoms with E-state index in [1.807, 2.05) is 17.0 Å². The minimum absolute atomic E-state index is 0.0439. The molecule has 0 bridgehead atoms. The third-order valence-corrected chi connectivity index (χ3v) is 6.00. The first-order valence-electron chi connectivity index (χ1n) is 9.27. The Morgan fingerprint density at radius 3 is 2.88 bits per heavy atom. The largest absolute Gasteiger partial charge is 0.467 e. The van der Waals surface area contributed by atoms with E-state index in [2.05, 4.69) is 13.0 Å². The quantitative estimate of drug-likeness (QED) is 0.774. The van der Waals surface area contributed by atoms with Crippen LogP contribution in [0.1, 0.15) is 54.1 Å². The molecule has 5 nitrogen and oxygen atoms in total. The Bertz CT molecular complexity index is 701. The molecule has 5 heteroatoms. The van der Waals surface area contributed by atoms with Crippen LogP contribution in [0.5, 0.6) is 0 Å². The van der Waals surface area contributed by atoms with Gasteiger partial charge < -0.3 is 14.4 Å². The van der Waals surface area contributed by atoms with Crippen molar-refractivity contribution in [1.29, 1.82) is 0 Å². The summed E-state index contributed by atoms with van der Waals surface area (Å²) >= 11 is 0. The number of benzene rings is 1. The SMILES string of the molecule is COC(=O)[C@@H]1C[C@@H]2[C@H](CC[C@@H](C)N2C(=O)c2cccc3c2CCC3)O1. The van der Waals surface area contributed by atoms with Gasteiger partial charge in [-0.2, -0.15) is 0 Å². The summed E-state index contributed by atoms with van der Waals surface area (Å²) in [6, 6.07) is 6.19. The maximum Gasteiger partial charge on any atom is 0.335 e. The molecule has 2 fully saturated rings. The Labute approximate surface area is 148 Å². The molecular formula is C20H25NO4. The number of piperidine rings is 1. The van der Waals surface area contributed by atoms with Gasteiger partial charge in [0.1, 0.15) is 0 Å². The molecule has 0 N–H and O–H groups in total. The van der Waals surface area contributed by atoms with Crippen molar-refractivity contribution in [2.75, 3.05) is 7.11 Å². The number of hydrogen-bond donors (Lipinski definition) is 0. The molecule has 4 rings (SSSR count). The second-order valence-corrected chi connectivity index (χ2v) is 7.42. The van der Waals surface area contributed by atoms with Gasteiger partial charge in [-0.05, 0) is 56.2 Å². The molecule has 1 aromatic rings. The number of carbonyl (C=O) groups excluding carboxylic acids is 2. The van der Waals surface area contributed by atoms with E-state index in [9.17, 15) is 9.59 Å². The van der Waals surface area contributed by atoms with Crippen molar-refractivity contribution >= 4 is 11.9 Å². The van der Waals surface area contributed by atoms with Gasteiger partial charge in [-0.25, -0.2) is 4.79 Å². The highest BCUT2D eigenvalue weighted by Gasteiger charge is 2.48. The summed E-state index contributed by atoms with van der Waals surface area (Å²) in [4.78, 5) is 27.3. The van der Waals surface area contributed by atoms with E-state index in [1.165, 1.54) is 18.2 Å². The van der Waals surface area contributed by atoms with Crippen LogP contribution in [-0.2, 0) is 27.1 Å². The monoisotopic (exact) mass is 343 g/mol. The van der Waals surface area contributed by atoms with E-state index in [0.29, 0.717) is 6.42 Å². The van der Waals surface area contributed by atoms with Crippen molar-refractivity contribution in [3.8, 4) is 0 Å². The predicted molar refractivity (Wildman–Crippen MR) is 92.4 cm³/mol. The molecule has 0 aromatic heterocycles. The third-order valence-electron chi connectivity index (χ3n) is 6.00. The molecule has 1 aromatic carbocycles. The molecule has 2 heterocycles. The van der Waals surface area contributed by atoms with Crippen LogP contribution < -0.4 is 0 Å². The zero-order valence-corrected chi connectivity index (χ0v) is 14.9. The van der Waals surface area contributed by atoms with Crippen LogP contribution in [-0.4, -0.2) is 48.2 Å². The van der Waals surface area contributed by atoms with E-state index in [-0.39, 0.29) is 30.1 Å². The van der Waals surface area contributed by atoms with Crippen LogP contribution in [0.2, 0.25) is 0 Å². The fourth-order valence-corrected chi connectivity index (χ4v) is 4.75. The summed E-state index contributed by atoms with van der Waals surface area (Å²) in [5.41, 5.74) is 3.36. The van der Waals surface area contributed by atoms with Gasteiger partial charge in [0.15, 0.2) is 6.10 Å². The number of hydrogen-bond acceptors (Lipinski definition) is 4. The minimum atomic E-state index is -0.554. The molecule has 0 unspecified atom stereocenters. The van der Waals surface area contributed by atoms with Crippen LogP contribution in [0, 0.1) is 0 Å². The van der Waals surface area contributed by atoms with Gasteiger partial charge >= 0.3 is 5.97 Å². The lowest BCUT2D eigenvalue weighted by Crippen LogP contribution is -2.53. The normalized spacial score (nSPS) is 30.7. The summed E-state index contributed by atoms with van der Waals surface area (Å²) in [5.74, 6) is -0.245. The van der Waals surface area contributed by atoms with Gasteiger partial charge in [0.05, 0.1) is 19.3 Å². The van der Waals surface area contributed by atoms with Gasteiger partial charge in [-0.3, -0.25) is 4.79 Å². The molecule has 25 heavy (non-hydrogen) atoms. The zero-order chi connectivity index (χ0) is 17.6. The summed E-state index contributed by atoms with van der Waals surface area (Å²) in [6.07, 6.45) is 4.85. The summed E-state index contributed by atoms with van der Waals surface area (Å²) in [6.45, 7) is 2.10. The van der Waals surface area contributed by atoms with Crippen molar-refractivity contribution in [2.24, 2.45) is 0 Å². The number of amides is 1. The number of ether oxygens (including phenoxy) is 2. The molecule has 2 aliphatic heterocycles. The van der Waals surface area contributed by atoms with Crippen LogP contribution in [0.3, 0.4) is 0 Å². The van der Waals surface area contributed by atoms with Crippen LogP contribution in [0.25, 0.3) is 0 Å². The van der Waals surface area contributed by atoms with E-state index in [1.54, 1.807) is 0 Å². The number of nitrogens with zero attached hydrogens (tertiary/aromatic N) is 1. The van der Waals surface area contributed by atoms with E-state index < -0.39 is 6.10 Å². The summed E-state index contributed by atoms with van der Waals surface area (Å²) in [5, 5.41) is 0. The first-order valence-corrected chi connectivity index (χ1v) is 9.27. The number of esters is 1. The van der Waals surface area contributed by atoms with Crippen molar-refractivity contribution in [2.45, 2.75) is 69.7 Å². The lowest BCUT2D eigenvalue weighted by atomic mass is 9.91. The Kier molecular flexibility index (Phi) is 4.28. The summed E-state index contributed by atoms with van der Waals surface area (Å²) < 4.78 is 10.7. The van der Waals surface area contributed by atoms with E-state index in [0.717, 1.165) is 37.7 Å². The van der Waals surface area contributed by atoms with Gasteiger partial charge in [0, 0.05) is 18.0 Å². The number of aryl methyl sites for hydroxylation is 1. The van der Waals surface area contributed by atoms with Gasteiger partial charge in [-0.1, -0.05) is 12.1 Å². The molecule has 3 aliphatic rings. The number of fused-ring (bicyclic) bond motifs is 2. The van der Waals surface area contributed by atoms with Crippen molar-refractivity contribution in [3.05, 3.63) is 34.9 Å². The Morgan fingerprint density at radius 2 is 2.08 bits per heavy atom. The highest BCUT2D eigenvalue weighted by atomic mass is 16.6. The minimum Gasteiger partial charge on any atom is -0.467 e. The average Bonchev–Trinajstić information content (AvgIpc) is 3.26. The van der Waals surface area contributed by atoms with Crippen LogP contribution in [0.15, 0.2) is 18.2 Å². The van der Waals surface area contributed by atoms with Crippen molar-refractivity contribution in [3.63, 3.8) is 0 Å². The second-order valence-electron chi connectivity index (χ2n) is 7.42. The maximum atomic E-state index is 13.4. The third kappa shape index (κ3) is 2.74. The second kappa shape index (κ2) is 6.45. The number of methoxy groups -OCH3 is 1. The van der Waals surface area contributed by atoms with Crippen LogP contribution in [0.4, 0.5) is 0 Å². The Balaban J connectivity index is 1.63. The van der Waals surface area contributed by atoms with E-state index in [4.69, 9.17) is 9.47 Å². The predicted octanol–water partition coefficient (Wildman–Crippen LogP) is 2.50. The maximum absolute atomic E-state index is 13.4. The Hall–Kier alpha value is -1.88. The van der Waals surface area contributed by atoms with Gasteiger partial charge in [-0.15, -0.1) is 0 Å².